The van der Waals surface area contributed by atoms with Crippen molar-refractivity contribution in [3.8, 4) is 0 Å². The number of primary amides is 1. The van der Waals surface area contributed by atoms with Crippen LogP contribution in [0.15, 0.2) is 24.3 Å². The smallest absolute Gasteiger partial charge is 0.324 e. The minimum atomic E-state index is -0.532. The molecule has 6 nitrogen and oxygen atoms in total. The maximum Gasteiger partial charge on any atom is 0.324 e. The fraction of sp³-hybridized carbons (Fsp3) is 0.250. The first-order valence-electron chi connectivity index (χ1n) is 7.22. The monoisotopic (exact) mass is 331 g/mol. The molecule has 0 fully saturated rings. The Morgan fingerprint density at radius 3 is 2.78 bits per heavy atom. The van der Waals surface area contributed by atoms with Crippen molar-refractivity contribution < 1.29 is 14.3 Å². The van der Waals surface area contributed by atoms with E-state index in [-0.39, 0.29) is 0 Å². The lowest BCUT2D eigenvalue weighted by atomic mass is 10.1. The number of carbonyl (C=O) groups is 2. The van der Waals surface area contributed by atoms with Gasteiger partial charge in [-0.3, -0.25) is 10.1 Å². The van der Waals surface area contributed by atoms with Crippen LogP contribution >= 0.6 is 11.3 Å². The van der Waals surface area contributed by atoms with Gasteiger partial charge in [-0.2, -0.15) is 0 Å². The number of urea groups is 1. The van der Waals surface area contributed by atoms with Crippen LogP contribution in [0.1, 0.15) is 26.4 Å². The molecule has 2 aromatic rings. The lowest BCUT2D eigenvalue weighted by Crippen LogP contribution is -2.22. The summed E-state index contributed by atoms with van der Waals surface area (Å²) in [6.07, 6.45) is 0.630. The largest absolute Gasteiger partial charge is 0.376 e. The molecule has 0 bridgehead atoms. The standard InChI is InChI=1S/C16H17N3O3S/c1-9-4-2-3-5-11(9)18-16(21)19-15-13(14(17)20)10-6-7-22-8-12(10)23-15/h2-5H,6-8H2,1H3,(H2,17,20)(H2,18,19,21). The summed E-state index contributed by atoms with van der Waals surface area (Å²) in [5.74, 6) is -0.532. The van der Waals surface area contributed by atoms with Crippen LogP contribution in [0.5, 0.6) is 0 Å². The molecular weight excluding hydrogens is 314 g/mol. The number of para-hydroxylation sites is 1. The minimum Gasteiger partial charge on any atom is -0.376 e. The average molecular weight is 331 g/mol. The molecule has 0 aliphatic carbocycles. The molecule has 23 heavy (non-hydrogen) atoms. The van der Waals surface area contributed by atoms with Crippen molar-refractivity contribution in [3.63, 3.8) is 0 Å². The number of hydrogen-bond donors (Lipinski definition) is 3. The van der Waals surface area contributed by atoms with Crippen LogP contribution < -0.4 is 16.4 Å². The summed E-state index contributed by atoms with van der Waals surface area (Å²) in [5.41, 5.74) is 8.45. The second-order valence-corrected chi connectivity index (χ2v) is 6.37. The molecule has 0 saturated heterocycles. The van der Waals surface area contributed by atoms with E-state index in [1.54, 1.807) is 0 Å². The van der Waals surface area contributed by atoms with Crippen LogP contribution in [-0.4, -0.2) is 18.5 Å². The van der Waals surface area contributed by atoms with Crippen LogP contribution in [0, 0.1) is 6.92 Å². The number of hydrogen-bond acceptors (Lipinski definition) is 4. The van der Waals surface area contributed by atoms with Gasteiger partial charge in [-0.1, -0.05) is 18.2 Å². The molecule has 0 saturated carbocycles. The Bertz CT molecular complexity index is 770. The first-order valence-corrected chi connectivity index (χ1v) is 8.03. The molecule has 4 N–H and O–H groups in total. The Morgan fingerprint density at radius 2 is 2.04 bits per heavy atom. The maximum absolute atomic E-state index is 12.2. The second kappa shape index (κ2) is 6.39. The fourth-order valence-electron chi connectivity index (χ4n) is 2.55. The van der Waals surface area contributed by atoms with Gasteiger partial charge < -0.3 is 15.8 Å². The van der Waals surface area contributed by atoms with E-state index < -0.39 is 11.9 Å². The van der Waals surface area contributed by atoms with Crippen LogP contribution in [0.4, 0.5) is 15.5 Å². The van der Waals surface area contributed by atoms with Crippen molar-refractivity contribution >= 4 is 34.0 Å². The molecular formula is C16H17N3O3S. The molecule has 0 spiro atoms. The summed E-state index contributed by atoms with van der Waals surface area (Å²) in [6.45, 7) is 2.91. The summed E-state index contributed by atoms with van der Waals surface area (Å²) in [4.78, 5) is 24.9. The number of thiophene rings is 1. The van der Waals surface area contributed by atoms with Crippen molar-refractivity contribution in [1.82, 2.24) is 0 Å². The highest BCUT2D eigenvalue weighted by molar-refractivity contribution is 7.17. The normalized spacial score (nSPS) is 13.3. The number of nitrogens with one attached hydrogen (secondary N) is 2. The molecule has 0 unspecified atom stereocenters. The summed E-state index contributed by atoms with van der Waals surface area (Å²) in [5, 5.41) is 5.99. The highest BCUT2D eigenvalue weighted by Crippen LogP contribution is 2.36. The molecule has 3 amide bonds. The van der Waals surface area contributed by atoms with Crippen LogP contribution in [0.2, 0.25) is 0 Å². The van der Waals surface area contributed by atoms with Crippen molar-refractivity contribution in [2.45, 2.75) is 20.0 Å². The first-order chi connectivity index (χ1) is 11.1. The highest BCUT2D eigenvalue weighted by Gasteiger charge is 2.25. The van der Waals surface area contributed by atoms with E-state index in [1.807, 2.05) is 31.2 Å². The van der Waals surface area contributed by atoms with Gasteiger partial charge in [-0.15, -0.1) is 11.3 Å². The zero-order chi connectivity index (χ0) is 16.4. The molecule has 0 atom stereocenters. The van der Waals surface area contributed by atoms with Crippen molar-refractivity contribution in [2.75, 3.05) is 17.2 Å². The van der Waals surface area contributed by atoms with E-state index in [2.05, 4.69) is 10.6 Å². The second-order valence-electron chi connectivity index (χ2n) is 5.27. The average Bonchev–Trinajstić information content (AvgIpc) is 2.87. The van der Waals surface area contributed by atoms with Gasteiger partial charge in [0.25, 0.3) is 5.91 Å². The quantitative estimate of drug-likeness (QED) is 0.807. The van der Waals surface area contributed by atoms with E-state index >= 15 is 0 Å². The number of nitrogens with two attached hydrogens (primary N) is 1. The van der Waals surface area contributed by atoms with E-state index in [0.29, 0.717) is 30.2 Å². The van der Waals surface area contributed by atoms with Gasteiger partial charge >= 0.3 is 6.03 Å². The molecule has 2 heterocycles. The summed E-state index contributed by atoms with van der Waals surface area (Å²) >= 11 is 1.34. The van der Waals surface area contributed by atoms with E-state index in [4.69, 9.17) is 10.5 Å². The number of carbonyl (C=O) groups excluding carboxylic acids is 2. The van der Waals surface area contributed by atoms with Crippen LogP contribution in [0.3, 0.4) is 0 Å². The Labute approximate surface area is 137 Å². The Morgan fingerprint density at radius 1 is 1.26 bits per heavy atom. The third-order valence-corrected chi connectivity index (χ3v) is 4.81. The van der Waals surface area contributed by atoms with Crippen LogP contribution in [0.25, 0.3) is 0 Å². The summed E-state index contributed by atoms with van der Waals surface area (Å²) in [6, 6.07) is 7.07. The third-order valence-electron chi connectivity index (χ3n) is 3.69. The lowest BCUT2D eigenvalue weighted by molar-refractivity contribution is 0.0991. The molecule has 1 aliphatic heterocycles. The van der Waals surface area contributed by atoms with Gasteiger partial charge in [0.2, 0.25) is 0 Å². The Kier molecular flexibility index (Phi) is 4.31. The summed E-state index contributed by atoms with van der Waals surface area (Å²) < 4.78 is 5.39. The van der Waals surface area contributed by atoms with Crippen molar-refractivity contribution in [3.05, 3.63) is 45.8 Å². The number of aryl methyl sites for hydroxylation is 1. The number of benzene rings is 1. The molecule has 0 radical (unpaired) electrons. The number of amides is 3. The zero-order valence-corrected chi connectivity index (χ0v) is 13.5. The first kappa shape index (κ1) is 15.5. The fourth-order valence-corrected chi connectivity index (χ4v) is 3.74. The number of ether oxygens (including phenoxy) is 1. The van der Waals surface area contributed by atoms with E-state index in [1.165, 1.54) is 11.3 Å². The van der Waals surface area contributed by atoms with Crippen LogP contribution in [-0.2, 0) is 17.8 Å². The van der Waals surface area contributed by atoms with Gasteiger partial charge in [0.05, 0.1) is 18.8 Å². The maximum atomic E-state index is 12.2. The molecule has 1 aromatic heterocycles. The topological polar surface area (TPSA) is 93.5 Å². The summed E-state index contributed by atoms with van der Waals surface area (Å²) in [7, 11) is 0. The Balaban J connectivity index is 1.82. The Hall–Kier alpha value is -2.38. The predicted octanol–water partition coefficient (Wildman–Crippen LogP) is 2.87. The van der Waals surface area contributed by atoms with Gasteiger partial charge in [-0.25, -0.2) is 4.79 Å². The van der Waals surface area contributed by atoms with Gasteiger partial charge in [-0.05, 0) is 30.5 Å². The molecule has 1 aliphatic rings. The lowest BCUT2D eigenvalue weighted by Gasteiger charge is -2.12. The van der Waals surface area contributed by atoms with Gasteiger partial charge in [0.1, 0.15) is 5.00 Å². The van der Waals surface area contributed by atoms with Crippen molar-refractivity contribution in [1.29, 1.82) is 0 Å². The number of fused-ring (bicyclic) bond motifs is 1. The predicted molar refractivity (Wildman–Crippen MR) is 90.0 cm³/mol. The van der Waals surface area contributed by atoms with E-state index in [9.17, 15) is 9.59 Å². The highest BCUT2D eigenvalue weighted by atomic mass is 32.1. The molecule has 120 valence electrons. The number of anilines is 2. The third kappa shape index (κ3) is 3.20. The number of rotatable bonds is 3. The van der Waals surface area contributed by atoms with Crippen molar-refractivity contribution in [2.24, 2.45) is 5.73 Å². The zero-order valence-electron chi connectivity index (χ0n) is 12.6. The SMILES string of the molecule is Cc1ccccc1NC(=O)Nc1sc2c(c1C(N)=O)CCOC2. The van der Waals surface area contributed by atoms with Gasteiger partial charge in [0, 0.05) is 10.6 Å². The van der Waals surface area contributed by atoms with E-state index in [0.717, 1.165) is 21.7 Å². The molecule has 1 aromatic carbocycles. The van der Waals surface area contributed by atoms with Gasteiger partial charge in [0.15, 0.2) is 0 Å². The molecule has 3 rings (SSSR count). The molecule has 7 heteroatoms. The minimum absolute atomic E-state index is 0.397.